The van der Waals surface area contributed by atoms with Gasteiger partial charge in [-0.15, -0.1) is 0 Å². The Bertz CT molecular complexity index is 1160. The second-order valence-corrected chi connectivity index (χ2v) is 13.2. The van der Waals surface area contributed by atoms with E-state index in [-0.39, 0.29) is 33.9 Å². The van der Waals surface area contributed by atoms with Gasteiger partial charge in [-0.2, -0.15) is 0 Å². The lowest BCUT2D eigenvalue weighted by Crippen LogP contribution is -2.29. The third-order valence-corrected chi connectivity index (χ3v) is 8.63. The van der Waals surface area contributed by atoms with Crippen LogP contribution < -0.4 is 21.3 Å². The third-order valence-electron chi connectivity index (χ3n) is 5.22. The molecule has 40 heavy (non-hydrogen) atoms. The molecule has 16 heteroatoms. The molecule has 0 spiro atoms. The van der Waals surface area contributed by atoms with E-state index in [9.17, 15) is 39.6 Å². The fraction of sp³-hybridized carbons (Fsp3) is 0.333. The summed E-state index contributed by atoms with van der Waals surface area (Å²) in [6.45, 7) is 5.06. The average Bonchev–Trinajstić information content (AvgIpc) is 2.84. The molecular weight excluding hydrogens is 980 g/mol. The first-order chi connectivity index (χ1) is 18.5. The van der Waals surface area contributed by atoms with Gasteiger partial charge in [-0.05, 0) is 130 Å². The van der Waals surface area contributed by atoms with Crippen LogP contribution in [0.3, 0.4) is 0 Å². The first-order valence-electron chi connectivity index (χ1n) is 11.5. The van der Waals surface area contributed by atoms with Gasteiger partial charge in [-0.3, -0.25) is 19.2 Å². The largest absolute Gasteiger partial charge is 0.384 e. The minimum absolute atomic E-state index is 0.116. The Balaban J connectivity index is 3.19. The van der Waals surface area contributed by atoms with Crippen LogP contribution in [-0.4, -0.2) is 68.5 Å². The highest BCUT2D eigenvalue weighted by molar-refractivity contribution is 14.1. The van der Waals surface area contributed by atoms with Crippen molar-refractivity contribution in [2.75, 3.05) is 21.3 Å². The molecule has 0 heterocycles. The van der Waals surface area contributed by atoms with Crippen LogP contribution in [0.25, 0.3) is 11.1 Å². The Labute approximate surface area is 284 Å². The number of carbonyl (C=O) groups excluding carboxylic acids is 4. The Hall–Kier alpha value is -0.920. The molecule has 4 atom stereocenters. The highest BCUT2D eigenvalue weighted by atomic mass is 127. The molecule has 0 aromatic heterocycles. The van der Waals surface area contributed by atoms with Crippen molar-refractivity contribution in [3.8, 4) is 11.1 Å². The molecule has 0 fully saturated rings. The van der Waals surface area contributed by atoms with E-state index < -0.39 is 48.0 Å². The summed E-state index contributed by atoms with van der Waals surface area (Å²) >= 11 is 7.80. The van der Waals surface area contributed by atoms with Crippen molar-refractivity contribution in [1.29, 1.82) is 0 Å². The van der Waals surface area contributed by atoms with Crippen molar-refractivity contribution in [3.05, 3.63) is 26.4 Å². The summed E-state index contributed by atoms with van der Waals surface area (Å²) in [5.74, 6) is -3.12. The van der Waals surface area contributed by atoms with Crippen LogP contribution >= 0.6 is 90.4 Å². The van der Waals surface area contributed by atoms with Crippen molar-refractivity contribution < 1.29 is 39.6 Å². The van der Waals surface area contributed by atoms with Gasteiger partial charge in [0.2, 0.25) is 0 Å². The highest BCUT2D eigenvalue weighted by Gasteiger charge is 2.30. The van der Waals surface area contributed by atoms with Crippen molar-refractivity contribution in [2.24, 2.45) is 0 Å². The Morgan fingerprint density at radius 1 is 0.500 bits per heavy atom. The molecule has 4 amide bonds. The fourth-order valence-electron chi connectivity index (χ4n) is 3.14. The van der Waals surface area contributed by atoms with E-state index in [0.717, 1.165) is 0 Å². The number of hydrogen-bond acceptors (Lipinski definition) is 8. The van der Waals surface area contributed by atoms with Crippen molar-refractivity contribution in [1.82, 2.24) is 0 Å². The molecule has 2 rings (SSSR count). The van der Waals surface area contributed by atoms with Crippen molar-refractivity contribution >= 4 is 137 Å². The van der Waals surface area contributed by atoms with Gasteiger partial charge >= 0.3 is 0 Å². The number of rotatable bonds is 9. The normalized spacial score (nSPS) is 14.0. The molecule has 0 aliphatic carbocycles. The lowest BCUT2D eigenvalue weighted by atomic mass is 9.96. The Morgan fingerprint density at radius 2 is 0.675 bits per heavy atom. The molecule has 12 nitrogen and oxygen atoms in total. The topological polar surface area (TPSA) is 197 Å². The van der Waals surface area contributed by atoms with Gasteiger partial charge in [-0.1, -0.05) is 0 Å². The zero-order valence-corrected chi connectivity index (χ0v) is 30.0. The Morgan fingerprint density at radius 3 is 0.825 bits per heavy atom. The van der Waals surface area contributed by atoms with Crippen LogP contribution in [0.1, 0.15) is 27.7 Å². The first kappa shape index (κ1) is 35.3. The van der Waals surface area contributed by atoms with Gasteiger partial charge in [0.15, 0.2) is 0 Å². The molecule has 218 valence electrons. The number of hydrogen-bond donors (Lipinski definition) is 8. The highest BCUT2D eigenvalue weighted by Crippen LogP contribution is 2.50. The van der Waals surface area contributed by atoms with E-state index in [1.165, 1.54) is 27.7 Å². The minimum Gasteiger partial charge on any atom is -0.384 e. The minimum atomic E-state index is -1.42. The molecular formula is C24H26I4N4O8. The lowest BCUT2D eigenvalue weighted by molar-refractivity contribution is -0.123. The number of anilines is 4. The quantitative estimate of drug-likeness (QED) is 0.176. The van der Waals surface area contributed by atoms with Crippen LogP contribution in [0.5, 0.6) is 0 Å². The van der Waals surface area contributed by atoms with Crippen molar-refractivity contribution in [2.45, 2.75) is 52.1 Å². The summed E-state index contributed by atoms with van der Waals surface area (Å²) in [7, 11) is 0. The molecule has 0 bridgehead atoms. The van der Waals surface area contributed by atoms with Crippen LogP contribution in [0.4, 0.5) is 22.7 Å². The van der Waals surface area contributed by atoms with E-state index in [2.05, 4.69) is 21.3 Å². The van der Waals surface area contributed by atoms with Gasteiger partial charge < -0.3 is 41.7 Å². The van der Waals surface area contributed by atoms with E-state index in [0.29, 0.717) is 14.3 Å². The maximum atomic E-state index is 12.7. The van der Waals surface area contributed by atoms with Gasteiger partial charge in [0.05, 0.1) is 22.7 Å². The number of benzene rings is 2. The molecule has 2 aromatic carbocycles. The predicted octanol–water partition coefficient (Wildman–Crippen LogP) is 3.05. The van der Waals surface area contributed by atoms with Gasteiger partial charge in [-0.25, -0.2) is 0 Å². The molecule has 0 saturated heterocycles. The standard InChI is InChI=1S/C24H26I4N4O8/c1-7(33)21(37)29-17-11(25)5-12(26)18(30-22(38)8(2)34)15(17)16-19(31-23(39)9(3)35)13(27)6-14(28)20(16)32-24(40)10(4)36/h5-10,33-36H,1-4H3,(H,29,37)(H,30,38)(H,31,39)(H,32,40). The van der Waals surface area contributed by atoms with E-state index in [1.54, 1.807) is 12.1 Å². The summed E-state index contributed by atoms with van der Waals surface area (Å²) < 4.78 is 1.87. The molecule has 0 aliphatic heterocycles. The number of amides is 4. The van der Waals surface area contributed by atoms with Crippen LogP contribution in [0, 0.1) is 14.3 Å². The Kier molecular flexibility index (Phi) is 13.2. The molecule has 8 N–H and O–H groups in total. The predicted molar refractivity (Wildman–Crippen MR) is 184 cm³/mol. The van der Waals surface area contributed by atoms with Crippen LogP contribution in [-0.2, 0) is 19.2 Å². The number of nitrogens with one attached hydrogen (secondary N) is 4. The van der Waals surface area contributed by atoms with E-state index in [1.807, 2.05) is 90.4 Å². The molecule has 0 radical (unpaired) electrons. The second kappa shape index (κ2) is 15.0. The van der Waals surface area contributed by atoms with Gasteiger partial charge in [0.25, 0.3) is 23.6 Å². The lowest BCUT2D eigenvalue weighted by Gasteiger charge is -2.26. The summed E-state index contributed by atoms with van der Waals surface area (Å²) in [5, 5.41) is 50.4. The van der Waals surface area contributed by atoms with E-state index >= 15 is 0 Å². The number of carbonyl (C=O) groups is 4. The monoisotopic (exact) mass is 1010 g/mol. The summed E-state index contributed by atoms with van der Waals surface area (Å²) in [4.78, 5) is 50.8. The zero-order valence-electron chi connectivity index (χ0n) is 21.4. The van der Waals surface area contributed by atoms with Gasteiger partial charge in [0, 0.05) is 25.4 Å². The van der Waals surface area contributed by atoms with Crippen LogP contribution in [0.2, 0.25) is 0 Å². The SMILES string of the molecule is CC(O)C(=O)Nc1c(I)cc(I)c(NC(=O)C(C)O)c1-c1c(NC(=O)C(C)O)c(I)cc(I)c1NC(=O)C(C)O. The zero-order chi connectivity index (χ0) is 30.6. The average molecular weight is 1010 g/mol. The molecule has 2 aromatic rings. The summed E-state index contributed by atoms with van der Waals surface area (Å²) in [5.41, 5.74) is 0.711. The third kappa shape index (κ3) is 8.56. The fourth-order valence-corrected chi connectivity index (χ4v) is 7.19. The maximum absolute atomic E-state index is 12.7. The first-order valence-corrected chi connectivity index (χ1v) is 15.8. The van der Waals surface area contributed by atoms with Crippen LogP contribution in [0.15, 0.2) is 12.1 Å². The number of aliphatic hydroxyl groups excluding tert-OH is 4. The molecule has 0 aliphatic rings. The van der Waals surface area contributed by atoms with Gasteiger partial charge in [0.1, 0.15) is 24.4 Å². The second-order valence-electron chi connectivity index (χ2n) is 8.59. The summed E-state index contributed by atoms with van der Waals surface area (Å²) in [6, 6.07) is 3.28. The van der Waals surface area contributed by atoms with E-state index in [4.69, 9.17) is 0 Å². The smallest absolute Gasteiger partial charge is 0.252 e. The maximum Gasteiger partial charge on any atom is 0.252 e. The summed E-state index contributed by atoms with van der Waals surface area (Å²) in [6.07, 6.45) is -5.67. The molecule has 0 saturated carbocycles. The molecule has 4 unspecified atom stereocenters. The number of aliphatic hydroxyl groups is 4. The number of halogens is 4. The van der Waals surface area contributed by atoms with Crippen molar-refractivity contribution in [3.63, 3.8) is 0 Å².